The summed E-state index contributed by atoms with van der Waals surface area (Å²) in [5.41, 5.74) is 5.15. The molecule has 0 fully saturated rings. The lowest BCUT2D eigenvalue weighted by molar-refractivity contribution is 0.376. The van der Waals surface area contributed by atoms with E-state index in [1.165, 1.54) is 11.8 Å². The number of hydrogen-bond acceptors (Lipinski definition) is 2. The average Bonchev–Trinajstić information content (AvgIpc) is 2.16. The van der Waals surface area contributed by atoms with Crippen LogP contribution >= 0.6 is 11.8 Å². The maximum absolute atomic E-state index is 12.7. The Hall–Kier alpha value is -0.540. The fraction of sp³-hybridized carbons (Fsp3) is 0.333. The molecule has 0 saturated carbocycles. The van der Waals surface area contributed by atoms with Crippen LogP contribution in [0.25, 0.3) is 0 Å². The summed E-state index contributed by atoms with van der Waals surface area (Å²) in [5, 5.41) is 0. The van der Waals surface area contributed by atoms with Crippen molar-refractivity contribution in [2.75, 3.05) is 12.3 Å². The summed E-state index contributed by atoms with van der Waals surface area (Å²) in [6, 6.07) is 9.76. The van der Waals surface area contributed by atoms with Crippen LogP contribution in [0.5, 0.6) is 0 Å². The first-order valence-electron chi connectivity index (χ1n) is 3.85. The van der Waals surface area contributed by atoms with Gasteiger partial charge in [0, 0.05) is 17.2 Å². The first-order chi connectivity index (χ1) is 5.83. The Morgan fingerprint density at radius 3 is 2.58 bits per heavy atom. The third-order valence-corrected chi connectivity index (χ3v) is 2.56. The van der Waals surface area contributed by atoms with Gasteiger partial charge in [0.2, 0.25) is 0 Å². The predicted octanol–water partition coefficient (Wildman–Crippen LogP) is 2.08. The van der Waals surface area contributed by atoms with Gasteiger partial charge in [0.05, 0.1) is 0 Å². The Balaban J connectivity index is 2.33. The van der Waals surface area contributed by atoms with E-state index in [4.69, 9.17) is 5.73 Å². The number of benzene rings is 1. The molecule has 1 nitrogen and oxygen atoms in total. The van der Waals surface area contributed by atoms with Gasteiger partial charge in [-0.05, 0) is 12.1 Å². The molecule has 12 heavy (non-hydrogen) atoms. The molecule has 66 valence electrons. The summed E-state index contributed by atoms with van der Waals surface area (Å²) in [5.74, 6) is 0.445. The zero-order chi connectivity index (χ0) is 8.81. The first kappa shape index (κ1) is 9.55. The second-order valence-corrected chi connectivity index (χ2v) is 3.55. The molecule has 0 aliphatic carbocycles. The normalized spacial score (nSPS) is 12.8. The van der Waals surface area contributed by atoms with Gasteiger partial charge in [0.15, 0.2) is 0 Å². The fourth-order valence-corrected chi connectivity index (χ4v) is 1.63. The van der Waals surface area contributed by atoms with Gasteiger partial charge in [-0.1, -0.05) is 18.2 Å². The quantitative estimate of drug-likeness (QED) is 0.727. The third kappa shape index (κ3) is 3.24. The van der Waals surface area contributed by atoms with Crippen LogP contribution in [0, 0.1) is 0 Å². The van der Waals surface area contributed by atoms with E-state index in [0.29, 0.717) is 5.75 Å². The molecule has 1 aromatic carbocycles. The van der Waals surface area contributed by atoms with Crippen LogP contribution < -0.4 is 5.73 Å². The topological polar surface area (TPSA) is 26.0 Å². The van der Waals surface area contributed by atoms with E-state index in [1.54, 1.807) is 0 Å². The maximum Gasteiger partial charge on any atom is 0.122 e. The minimum Gasteiger partial charge on any atom is -0.328 e. The van der Waals surface area contributed by atoms with E-state index in [9.17, 15) is 4.39 Å². The molecule has 1 atom stereocenters. The van der Waals surface area contributed by atoms with Gasteiger partial charge >= 0.3 is 0 Å². The number of hydrogen-bond donors (Lipinski definition) is 1. The van der Waals surface area contributed by atoms with Crippen molar-refractivity contribution in [1.29, 1.82) is 0 Å². The molecule has 0 saturated heterocycles. The summed E-state index contributed by atoms with van der Waals surface area (Å²) in [4.78, 5) is 1.09. The Morgan fingerprint density at radius 1 is 1.33 bits per heavy atom. The molecule has 0 aliphatic rings. The summed E-state index contributed by atoms with van der Waals surface area (Å²) in [6.45, 7) is 0.111. The summed E-state index contributed by atoms with van der Waals surface area (Å²) < 4.78 is 12.7. The lowest BCUT2D eigenvalue weighted by atomic mass is 10.4. The number of halogens is 1. The van der Waals surface area contributed by atoms with Crippen molar-refractivity contribution in [3.05, 3.63) is 30.3 Å². The van der Waals surface area contributed by atoms with Crippen LogP contribution in [-0.2, 0) is 0 Å². The van der Waals surface area contributed by atoms with Crippen molar-refractivity contribution in [2.24, 2.45) is 5.73 Å². The molecule has 2 N–H and O–H groups in total. The van der Waals surface area contributed by atoms with E-state index in [2.05, 4.69) is 0 Å². The molecule has 1 unspecified atom stereocenters. The lowest BCUT2D eigenvalue weighted by Gasteiger charge is -2.03. The number of rotatable bonds is 4. The molecule has 3 heteroatoms. The first-order valence-corrected chi connectivity index (χ1v) is 4.83. The van der Waals surface area contributed by atoms with Gasteiger partial charge in [-0.2, -0.15) is 0 Å². The van der Waals surface area contributed by atoms with Crippen molar-refractivity contribution in [1.82, 2.24) is 0 Å². The van der Waals surface area contributed by atoms with E-state index in [1.807, 2.05) is 30.3 Å². The monoisotopic (exact) mass is 185 g/mol. The minimum atomic E-state index is -0.893. The smallest absolute Gasteiger partial charge is 0.122 e. The molecule has 0 bridgehead atoms. The molecular formula is C9H12FNS. The van der Waals surface area contributed by atoms with Gasteiger partial charge in [0.1, 0.15) is 6.17 Å². The average molecular weight is 185 g/mol. The summed E-state index contributed by atoms with van der Waals surface area (Å²) in [7, 11) is 0. The Bertz CT molecular complexity index is 215. The van der Waals surface area contributed by atoms with Crippen molar-refractivity contribution >= 4 is 11.8 Å². The SMILES string of the molecule is NCC(F)CSc1ccccc1. The maximum atomic E-state index is 12.7. The minimum absolute atomic E-state index is 0.111. The molecule has 0 heterocycles. The van der Waals surface area contributed by atoms with Crippen molar-refractivity contribution < 1.29 is 4.39 Å². The number of nitrogens with two attached hydrogens (primary N) is 1. The van der Waals surface area contributed by atoms with E-state index in [0.717, 1.165) is 4.90 Å². The van der Waals surface area contributed by atoms with Gasteiger partial charge in [-0.3, -0.25) is 0 Å². The van der Waals surface area contributed by atoms with Crippen molar-refractivity contribution in [3.63, 3.8) is 0 Å². The number of alkyl halides is 1. The van der Waals surface area contributed by atoms with Gasteiger partial charge in [-0.15, -0.1) is 11.8 Å². The Morgan fingerprint density at radius 2 is 2.00 bits per heavy atom. The summed E-state index contributed by atoms with van der Waals surface area (Å²) in [6.07, 6.45) is -0.893. The van der Waals surface area contributed by atoms with E-state index >= 15 is 0 Å². The zero-order valence-electron chi connectivity index (χ0n) is 6.74. The van der Waals surface area contributed by atoms with Gasteiger partial charge < -0.3 is 5.73 Å². The van der Waals surface area contributed by atoms with Crippen molar-refractivity contribution in [2.45, 2.75) is 11.1 Å². The Labute approximate surface area is 76.2 Å². The molecule has 1 rings (SSSR count). The van der Waals surface area contributed by atoms with Crippen LogP contribution in [0.15, 0.2) is 35.2 Å². The largest absolute Gasteiger partial charge is 0.328 e. The van der Waals surface area contributed by atoms with Crippen LogP contribution in [0.2, 0.25) is 0 Å². The lowest BCUT2D eigenvalue weighted by Crippen LogP contribution is -2.17. The molecular weight excluding hydrogens is 173 g/mol. The second-order valence-electron chi connectivity index (χ2n) is 2.46. The molecule has 0 amide bonds. The van der Waals surface area contributed by atoms with E-state index in [-0.39, 0.29) is 6.54 Å². The fourth-order valence-electron chi connectivity index (χ4n) is 0.771. The predicted molar refractivity (Wildman–Crippen MR) is 51.1 cm³/mol. The highest BCUT2D eigenvalue weighted by atomic mass is 32.2. The van der Waals surface area contributed by atoms with Crippen LogP contribution in [-0.4, -0.2) is 18.5 Å². The third-order valence-electron chi connectivity index (χ3n) is 1.43. The van der Waals surface area contributed by atoms with Gasteiger partial charge in [0.25, 0.3) is 0 Å². The second kappa shape index (κ2) is 5.17. The van der Waals surface area contributed by atoms with Crippen molar-refractivity contribution in [3.8, 4) is 0 Å². The van der Waals surface area contributed by atoms with Gasteiger partial charge in [-0.25, -0.2) is 4.39 Å². The number of thioether (sulfide) groups is 1. The van der Waals surface area contributed by atoms with E-state index < -0.39 is 6.17 Å². The van der Waals surface area contributed by atoms with Crippen LogP contribution in [0.3, 0.4) is 0 Å². The molecule has 0 radical (unpaired) electrons. The molecule has 0 spiro atoms. The zero-order valence-corrected chi connectivity index (χ0v) is 7.56. The van der Waals surface area contributed by atoms with Crippen LogP contribution in [0.4, 0.5) is 4.39 Å². The summed E-state index contributed by atoms with van der Waals surface area (Å²) >= 11 is 1.50. The highest BCUT2D eigenvalue weighted by Crippen LogP contribution is 2.18. The Kier molecular flexibility index (Phi) is 4.11. The standard InChI is InChI=1S/C9H12FNS/c10-8(6-11)7-12-9-4-2-1-3-5-9/h1-5,8H,6-7,11H2. The highest BCUT2D eigenvalue weighted by molar-refractivity contribution is 7.99. The molecule has 0 aliphatic heterocycles. The highest BCUT2D eigenvalue weighted by Gasteiger charge is 2.03. The molecule has 1 aromatic rings. The van der Waals surface area contributed by atoms with Crippen LogP contribution in [0.1, 0.15) is 0 Å². The molecule has 0 aromatic heterocycles.